The van der Waals surface area contributed by atoms with Gasteiger partial charge in [-0.15, -0.1) is 0 Å². The number of pyridine rings is 1. The number of benzene rings is 2. The number of methoxy groups -OCH3 is 1. The summed E-state index contributed by atoms with van der Waals surface area (Å²) in [5.74, 6) is 1.35. The lowest BCUT2D eigenvalue weighted by molar-refractivity contribution is 0.368. The lowest BCUT2D eigenvalue weighted by atomic mass is 9.71. The molecular formula is C33H47NO. The Morgan fingerprint density at radius 2 is 1.43 bits per heavy atom. The minimum absolute atomic E-state index is 0.0451. The highest BCUT2D eigenvalue weighted by Crippen LogP contribution is 2.46. The van der Waals surface area contributed by atoms with Crippen LogP contribution in [-0.4, -0.2) is 12.1 Å². The van der Waals surface area contributed by atoms with E-state index in [9.17, 15) is 0 Å². The first-order chi connectivity index (χ1) is 16.5. The van der Waals surface area contributed by atoms with Crippen molar-refractivity contribution in [1.82, 2.24) is 4.98 Å². The molecule has 2 heteroatoms. The van der Waals surface area contributed by atoms with Crippen molar-refractivity contribution in [3.05, 3.63) is 70.4 Å². The molecule has 2 nitrogen and oxygen atoms in total. The van der Waals surface area contributed by atoms with E-state index in [2.05, 4.69) is 106 Å². The minimum Gasteiger partial charge on any atom is -0.497 e. The summed E-state index contributed by atoms with van der Waals surface area (Å²) in [7, 11) is 1.75. The summed E-state index contributed by atoms with van der Waals surface area (Å²) in [6.07, 6.45) is 5.99. The van der Waals surface area contributed by atoms with E-state index in [4.69, 9.17) is 9.72 Å². The van der Waals surface area contributed by atoms with Crippen LogP contribution in [0.3, 0.4) is 0 Å². The van der Waals surface area contributed by atoms with Crippen LogP contribution in [0, 0.1) is 33.6 Å². The molecule has 0 aliphatic heterocycles. The standard InChI is InChI=1S/C28H35NO.C5H12/c1-17(2)28(7,8)24-16-22(30-9)15-23(26-20(5)12-19(4)13-21(26)6)27(24)25-14-18(3)10-11-29-25;1-3-5-4-2/h10-17H,1-9H3;3-5H2,1-2H3. The van der Waals surface area contributed by atoms with Gasteiger partial charge in [-0.2, -0.15) is 0 Å². The van der Waals surface area contributed by atoms with Gasteiger partial charge in [0.25, 0.3) is 0 Å². The number of aromatic nitrogens is 1. The lowest BCUT2D eigenvalue weighted by Gasteiger charge is -2.34. The van der Waals surface area contributed by atoms with Crippen LogP contribution >= 0.6 is 0 Å². The maximum absolute atomic E-state index is 5.79. The summed E-state index contributed by atoms with van der Waals surface area (Å²) in [6.45, 7) is 22.3. The zero-order valence-electron chi connectivity index (χ0n) is 24.1. The zero-order valence-corrected chi connectivity index (χ0v) is 24.1. The van der Waals surface area contributed by atoms with Gasteiger partial charge in [-0.05, 0) is 96.7 Å². The molecule has 1 heterocycles. The van der Waals surface area contributed by atoms with Crippen LogP contribution in [0.15, 0.2) is 42.6 Å². The van der Waals surface area contributed by atoms with Crippen LogP contribution in [0.25, 0.3) is 22.4 Å². The van der Waals surface area contributed by atoms with Gasteiger partial charge in [-0.1, -0.05) is 78.5 Å². The number of hydrogen-bond acceptors (Lipinski definition) is 2. The molecule has 0 N–H and O–H groups in total. The van der Waals surface area contributed by atoms with Crippen molar-refractivity contribution in [1.29, 1.82) is 0 Å². The second-order valence-electron chi connectivity index (χ2n) is 10.8. The van der Waals surface area contributed by atoms with Crippen LogP contribution in [-0.2, 0) is 5.41 Å². The largest absolute Gasteiger partial charge is 0.497 e. The zero-order chi connectivity index (χ0) is 26.3. The van der Waals surface area contributed by atoms with Gasteiger partial charge in [0.2, 0.25) is 0 Å². The Labute approximate surface area is 215 Å². The molecule has 0 radical (unpaired) electrons. The average molecular weight is 474 g/mol. The number of unbranched alkanes of at least 4 members (excludes halogenated alkanes) is 2. The normalized spacial score (nSPS) is 11.3. The molecule has 0 bridgehead atoms. The van der Waals surface area contributed by atoms with E-state index < -0.39 is 0 Å². The minimum atomic E-state index is -0.0451. The molecule has 0 spiro atoms. The van der Waals surface area contributed by atoms with Crippen molar-refractivity contribution in [3.8, 4) is 28.1 Å². The van der Waals surface area contributed by atoms with E-state index >= 15 is 0 Å². The molecule has 2 aromatic carbocycles. The first-order valence-corrected chi connectivity index (χ1v) is 13.2. The first kappa shape index (κ1) is 28.6. The number of nitrogens with zero attached hydrogens (tertiary/aromatic N) is 1. The quantitative estimate of drug-likeness (QED) is 0.340. The fourth-order valence-corrected chi connectivity index (χ4v) is 4.66. The molecule has 3 rings (SSSR count). The molecule has 0 atom stereocenters. The predicted molar refractivity (Wildman–Crippen MR) is 154 cm³/mol. The average Bonchev–Trinajstić information content (AvgIpc) is 2.78. The maximum atomic E-state index is 5.79. The Morgan fingerprint density at radius 3 is 1.89 bits per heavy atom. The third-order valence-electron chi connectivity index (χ3n) is 7.31. The van der Waals surface area contributed by atoms with Gasteiger partial charge in [-0.25, -0.2) is 0 Å². The van der Waals surface area contributed by atoms with Crippen molar-refractivity contribution in [2.45, 2.75) is 93.9 Å². The molecule has 0 aliphatic rings. The Hall–Kier alpha value is -2.61. The van der Waals surface area contributed by atoms with Crippen LogP contribution in [0.4, 0.5) is 0 Å². The summed E-state index contributed by atoms with van der Waals surface area (Å²) < 4.78 is 5.79. The maximum Gasteiger partial charge on any atom is 0.119 e. The van der Waals surface area contributed by atoms with Crippen LogP contribution in [0.2, 0.25) is 0 Å². The molecule has 0 saturated heterocycles. The smallest absolute Gasteiger partial charge is 0.119 e. The molecule has 0 amide bonds. The molecule has 0 aliphatic carbocycles. The van der Waals surface area contributed by atoms with Crippen LogP contribution < -0.4 is 4.74 Å². The van der Waals surface area contributed by atoms with Gasteiger partial charge in [0.1, 0.15) is 5.75 Å². The Bertz CT molecular complexity index is 1100. The summed E-state index contributed by atoms with van der Waals surface area (Å²) >= 11 is 0. The number of hydrogen-bond donors (Lipinski definition) is 0. The van der Waals surface area contributed by atoms with Gasteiger partial charge in [-0.3, -0.25) is 4.98 Å². The van der Waals surface area contributed by atoms with Crippen molar-refractivity contribution < 1.29 is 4.74 Å². The fraction of sp³-hybridized carbons (Fsp3) is 0.485. The number of aryl methyl sites for hydroxylation is 4. The fourth-order valence-electron chi connectivity index (χ4n) is 4.66. The van der Waals surface area contributed by atoms with E-state index in [0.717, 1.165) is 11.4 Å². The molecule has 190 valence electrons. The predicted octanol–water partition coefficient (Wildman–Crippen LogP) is 9.79. The molecule has 1 aromatic heterocycles. The Kier molecular flexibility index (Phi) is 10.1. The number of rotatable bonds is 7. The first-order valence-electron chi connectivity index (χ1n) is 13.2. The summed E-state index contributed by atoms with van der Waals surface area (Å²) in [6, 6.07) is 13.2. The summed E-state index contributed by atoms with van der Waals surface area (Å²) in [5.41, 5.74) is 11.0. The monoisotopic (exact) mass is 473 g/mol. The molecular weight excluding hydrogens is 426 g/mol. The second-order valence-corrected chi connectivity index (χ2v) is 10.8. The van der Waals surface area contributed by atoms with Gasteiger partial charge in [0.05, 0.1) is 12.8 Å². The highest BCUT2D eigenvalue weighted by atomic mass is 16.5. The summed E-state index contributed by atoms with van der Waals surface area (Å²) in [5, 5.41) is 0. The SMILES string of the molecule is CCCCC.COc1cc(-c2c(C)cc(C)cc2C)c(-c2cc(C)ccn2)c(C(C)(C)C(C)C)c1. The highest BCUT2D eigenvalue weighted by Gasteiger charge is 2.31. The highest BCUT2D eigenvalue weighted by molar-refractivity contribution is 5.89. The van der Waals surface area contributed by atoms with E-state index in [1.807, 2.05) is 6.20 Å². The summed E-state index contributed by atoms with van der Waals surface area (Å²) in [4.78, 5) is 4.82. The third kappa shape index (κ3) is 6.75. The van der Waals surface area contributed by atoms with E-state index in [0.29, 0.717) is 5.92 Å². The van der Waals surface area contributed by atoms with Crippen molar-refractivity contribution >= 4 is 0 Å². The van der Waals surface area contributed by atoms with Gasteiger partial charge >= 0.3 is 0 Å². The van der Waals surface area contributed by atoms with Gasteiger partial charge < -0.3 is 4.74 Å². The Balaban J connectivity index is 0.000000784. The number of ether oxygens (including phenoxy) is 1. The molecule has 0 fully saturated rings. The Morgan fingerprint density at radius 1 is 0.829 bits per heavy atom. The van der Waals surface area contributed by atoms with Crippen LogP contribution in [0.1, 0.15) is 88.6 Å². The second kappa shape index (κ2) is 12.4. The topological polar surface area (TPSA) is 22.1 Å². The van der Waals surface area contributed by atoms with Crippen molar-refractivity contribution in [3.63, 3.8) is 0 Å². The van der Waals surface area contributed by atoms with Crippen molar-refractivity contribution in [2.24, 2.45) is 5.92 Å². The molecule has 0 unspecified atom stereocenters. The van der Waals surface area contributed by atoms with Gasteiger partial charge in [0, 0.05) is 11.8 Å². The van der Waals surface area contributed by atoms with E-state index in [1.54, 1.807) is 7.11 Å². The third-order valence-corrected chi connectivity index (χ3v) is 7.31. The van der Waals surface area contributed by atoms with E-state index in [-0.39, 0.29) is 5.41 Å². The van der Waals surface area contributed by atoms with Gasteiger partial charge in [0.15, 0.2) is 0 Å². The van der Waals surface area contributed by atoms with Crippen LogP contribution in [0.5, 0.6) is 5.75 Å². The molecule has 35 heavy (non-hydrogen) atoms. The van der Waals surface area contributed by atoms with Crippen molar-refractivity contribution in [2.75, 3.05) is 7.11 Å². The lowest BCUT2D eigenvalue weighted by Crippen LogP contribution is -2.25. The van der Waals surface area contributed by atoms with E-state index in [1.165, 1.54) is 63.8 Å². The molecule has 3 aromatic rings. The molecule has 0 saturated carbocycles.